The summed E-state index contributed by atoms with van der Waals surface area (Å²) in [7, 11) is 4.18. The van der Waals surface area contributed by atoms with Gasteiger partial charge in [0.25, 0.3) is 0 Å². The van der Waals surface area contributed by atoms with Crippen molar-refractivity contribution < 1.29 is 0 Å². The number of likely N-dealkylation sites (N-methyl/N-ethyl adjacent to an activating group) is 1. The Balaban J connectivity index is 2.58. The monoisotopic (exact) mass is 192 g/mol. The van der Waals surface area contributed by atoms with Crippen molar-refractivity contribution in [2.75, 3.05) is 32.5 Å². The molecule has 0 saturated heterocycles. The molecule has 1 aromatic rings. The number of para-hydroxylation sites is 1. The molecule has 0 aromatic heterocycles. The molecule has 0 atom stereocenters. The van der Waals surface area contributed by atoms with Crippen molar-refractivity contribution in [3.63, 3.8) is 0 Å². The summed E-state index contributed by atoms with van der Waals surface area (Å²) >= 11 is 0. The minimum absolute atomic E-state index is 0.999. The van der Waals surface area contributed by atoms with Crippen LogP contribution in [-0.4, -0.2) is 32.1 Å². The summed E-state index contributed by atoms with van der Waals surface area (Å²) in [5.41, 5.74) is 3.93. The fourth-order valence-corrected chi connectivity index (χ4v) is 1.50. The van der Waals surface area contributed by atoms with E-state index in [4.69, 9.17) is 0 Å². The van der Waals surface area contributed by atoms with E-state index < -0.39 is 0 Å². The standard InChI is InChI=1S/C12H20N2/c1-10-6-5-7-11(2)12(10)13-8-9-14(3)4/h5-7,13H,8-9H2,1-4H3. The minimum atomic E-state index is 0.999. The van der Waals surface area contributed by atoms with Gasteiger partial charge in [0, 0.05) is 18.8 Å². The zero-order chi connectivity index (χ0) is 10.6. The second-order valence-electron chi connectivity index (χ2n) is 4.00. The maximum atomic E-state index is 3.47. The van der Waals surface area contributed by atoms with E-state index >= 15 is 0 Å². The van der Waals surface area contributed by atoms with Crippen LogP contribution in [0.5, 0.6) is 0 Å². The van der Waals surface area contributed by atoms with Crippen LogP contribution in [0.1, 0.15) is 11.1 Å². The SMILES string of the molecule is Cc1cccc(C)c1NCCN(C)C. The van der Waals surface area contributed by atoms with Gasteiger partial charge >= 0.3 is 0 Å². The van der Waals surface area contributed by atoms with Crippen LogP contribution in [0.4, 0.5) is 5.69 Å². The van der Waals surface area contributed by atoms with E-state index in [2.05, 4.69) is 56.4 Å². The van der Waals surface area contributed by atoms with Gasteiger partial charge < -0.3 is 10.2 Å². The van der Waals surface area contributed by atoms with Crippen molar-refractivity contribution >= 4 is 5.69 Å². The van der Waals surface area contributed by atoms with Crippen molar-refractivity contribution in [3.05, 3.63) is 29.3 Å². The highest BCUT2D eigenvalue weighted by Crippen LogP contribution is 2.18. The summed E-state index contributed by atoms with van der Waals surface area (Å²) in [5.74, 6) is 0. The zero-order valence-electron chi connectivity index (χ0n) is 9.59. The number of aryl methyl sites for hydroxylation is 2. The molecule has 1 N–H and O–H groups in total. The number of rotatable bonds is 4. The lowest BCUT2D eigenvalue weighted by Crippen LogP contribution is -2.21. The number of benzene rings is 1. The summed E-state index contributed by atoms with van der Waals surface area (Å²) in [6, 6.07) is 6.39. The first-order valence-electron chi connectivity index (χ1n) is 5.06. The molecule has 0 saturated carbocycles. The number of nitrogens with one attached hydrogen (secondary N) is 1. The summed E-state index contributed by atoms with van der Waals surface area (Å²) in [4.78, 5) is 2.18. The van der Waals surface area contributed by atoms with Gasteiger partial charge in [-0.1, -0.05) is 18.2 Å². The van der Waals surface area contributed by atoms with Crippen molar-refractivity contribution in [2.45, 2.75) is 13.8 Å². The molecule has 14 heavy (non-hydrogen) atoms. The molecule has 0 aliphatic carbocycles. The molecule has 0 spiro atoms. The van der Waals surface area contributed by atoms with Crippen LogP contribution < -0.4 is 5.32 Å². The fourth-order valence-electron chi connectivity index (χ4n) is 1.50. The first-order valence-corrected chi connectivity index (χ1v) is 5.06. The van der Waals surface area contributed by atoms with Crippen LogP contribution in [0.2, 0.25) is 0 Å². The van der Waals surface area contributed by atoms with Crippen molar-refractivity contribution in [2.24, 2.45) is 0 Å². The van der Waals surface area contributed by atoms with Gasteiger partial charge in [-0.3, -0.25) is 0 Å². The third kappa shape index (κ3) is 3.04. The third-order valence-electron chi connectivity index (χ3n) is 2.34. The van der Waals surface area contributed by atoms with Gasteiger partial charge in [0.2, 0.25) is 0 Å². The van der Waals surface area contributed by atoms with E-state index in [1.165, 1.54) is 16.8 Å². The van der Waals surface area contributed by atoms with Gasteiger partial charge in [0.1, 0.15) is 0 Å². The fraction of sp³-hybridized carbons (Fsp3) is 0.500. The molecule has 0 amide bonds. The minimum Gasteiger partial charge on any atom is -0.383 e. The zero-order valence-corrected chi connectivity index (χ0v) is 9.59. The lowest BCUT2D eigenvalue weighted by atomic mass is 10.1. The van der Waals surface area contributed by atoms with Crippen LogP contribution >= 0.6 is 0 Å². The molecule has 0 aliphatic heterocycles. The third-order valence-corrected chi connectivity index (χ3v) is 2.34. The Morgan fingerprint density at radius 2 is 1.71 bits per heavy atom. The lowest BCUT2D eigenvalue weighted by molar-refractivity contribution is 0.425. The van der Waals surface area contributed by atoms with Crippen molar-refractivity contribution in [3.8, 4) is 0 Å². The van der Waals surface area contributed by atoms with Gasteiger partial charge in [-0.05, 0) is 39.1 Å². The Hall–Kier alpha value is -1.02. The van der Waals surface area contributed by atoms with Crippen molar-refractivity contribution in [1.82, 2.24) is 4.90 Å². The van der Waals surface area contributed by atoms with Crippen LogP contribution in [0.15, 0.2) is 18.2 Å². The van der Waals surface area contributed by atoms with Crippen LogP contribution in [-0.2, 0) is 0 Å². The summed E-state index contributed by atoms with van der Waals surface area (Å²) in [5, 5.41) is 3.47. The highest BCUT2D eigenvalue weighted by molar-refractivity contribution is 5.56. The Morgan fingerprint density at radius 1 is 1.14 bits per heavy atom. The smallest absolute Gasteiger partial charge is 0.0400 e. The summed E-state index contributed by atoms with van der Waals surface area (Å²) < 4.78 is 0. The summed E-state index contributed by atoms with van der Waals surface area (Å²) in [6.45, 7) is 6.35. The molecule has 1 aromatic carbocycles. The van der Waals surface area contributed by atoms with Crippen LogP contribution in [0.3, 0.4) is 0 Å². The van der Waals surface area contributed by atoms with Crippen LogP contribution in [0.25, 0.3) is 0 Å². The summed E-state index contributed by atoms with van der Waals surface area (Å²) in [6.07, 6.45) is 0. The average Bonchev–Trinajstić information content (AvgIpc) is 2.09. The number of nitrogens with zero attached hydrogens (tertiary/aromatic N) is 1. The molecule has 2 nitrogen and oxygen atoms in total. The van der Waals surface area contributed by atoms with E-state index in [0.717, 1.165) is 13.1 Å². The lowest BCUT2D eigenvalue weighted by Gasteiger charge is -2.14. The Labute approximate surface area is 86.9 Å². The first-order chi connectivity index (χ1) is 6.61. The molecule has 0 unspecified atom stereocenters. The molecular formula is C12H20N2. The Morgan fingerprint density at radius 3 is 2.21 bits per heavy atom. The van der Waals surface area contributed by atoms with E-state index in [-0.39, 0.29) is 0 Å². The molecule has 0 radical (unpaired) electrons. The molecular weight excluding hydrogens is 172 g/mol. The number of hydrogen-bond donors (Lipinski definition) is 1. The normalized spacial score (nSPS) is 10.6. The highest BCUT2D eigenvalue weighted by Gasteiger charge is 2.00. The van der Waals surface area contributed by atoms with Gasteiger partial charge in [-0.2, -0.15) is 0 Å². The van der Waals surface area contributed by atoms with Gasteiger partial charge in [0.15, 0.2) is 0 Å². The molecule has 0 heterocycles. The predicted molar refractivity (Wildman–Crippen MR) is 63.0 cm³/mol. The molecule has 0 bridgehead atoms. The Bertz CT molecular complexity index is 272. The van der Waals surface area contributed by atoms with E-state index in [1.807, 2.05) is 0 Å². The molecule has 1 rings (SSSR count). The highest BCUT2D eigenvalue weighted by atomic mass is 15.1. The van der Waals surface area contributed by atoms with E-state index in [0.29, 0.717) is 0 Å². The van der Waals surface area contributed by atoms with Crippen LogP contribution in [0, 0.1) is 13.8 Å². The van der Waals surface area contributed by atoms with Gasteiger partial charge in [-0.15, -0.1) is 0 Å². The maximum Gasteiger partial charge on any atom is 0.0400 e. The second kappa shape index (κ2) is 5.01. The molecule has 0 fully saturated rings. The molecule has 0 aliphatic rings. The maximum absolute atomic E-state index is 3.47. The van der Waals surface area contributed by atoms with E-state index in [1.54, 1.807) is 0 Å². The largest absolute Gasteiger partial charge is 0.383 e. The topological polar surface area (TPSA) is 15.3 Å². The van der Waals surface area contributed by atoms with Gasteiger partial charge in [-0.25, -0.2) is 0 Å². The second-order valence-corrected chi connectivity index (χ2v) is 4.00. The quantitative estimate of drug-likeness (QED) is 0.787. The predicted octanol–water partition coefficient (Wildman–Crippen LogP) is 2.28. The van der Waals surface area contributed by atoms with E-state index in [9.17, 15) is 0 Å². The van der Waals surface area contributed by atoms with Crippen molar-refractivity contribution in [1.29, 1.82) is 0 Å². The first kappa shape index (κ1) is 11.1. The van der Waals surface area contributed by atoms with Gasteiger partial charge in [0.05, 0.1) is 0 Å². The Kier molecular flexibility index (Phi) is 3.96. The number of anilines is 1. The molecule has 2 heteroatoms. The average molecular weight is 192 g/mol. The molecule has 78 valence electrons. The number of hydrogen-bond acceptors (Lipinski definition) is 2.